The monoisotopic (exact) mass is 231 g/mol. The number of hydrogen-bond acceptors (Lipinski definition) is 2. The molecule has 1 N–H and O–H groups in total. The lowest BCUT2D eigenvalue weighted by Gasteiger charge is -2.13. The third-order valence-corrected chi connectivity index (χ3v) is 2.13. The second kappa shape index (κ2) is 4.98. The molecule has 15 heavy (non-hydrogen) atoms. The highest BCUT2D eigenvalue weighted by Gasteiger charge is 2.13. The number of rotatable bonds is 3. The normalized spacial score (nSPS) is 12.0. The fourth-order valence-corrected chi connectivity index (χ4v) is 1.13. The van der Waals surface area contributed by atoms with Crippen molar-refractivity contribution in [3.05, 3.63) is 29.0 Å². The Morgan fingerprint density at radius 3 is 2.80 bits per heavy atom. The van der Waals surface area contributed by atoms with Crippen molar-refractivity contribution in [2.75, 3.05) is 7.05 Å². The molecule has 0 aromatic heterocycles. The lowest BCUT2D eigenvalue weighted by molar-refractivity contribution is -0.126. The molecule has 0 heterocycles. The van der Waals surface area contributed by atoms with E-state index in [0.29, 0.717) is 0 Å². The predicted octanol–water partition coefficient (Wildman–Crippen LogP) is 1.99. The van der Waals surface area contributed by atoms with E-state index in [1.165, 1.54) is 19.2 Å². The topological polar surface area (TPSA) is 38.3 Å². The number of amides is 1. The van der Waals surface area contributed by atoms with Crippen LogP contribution >= 0.6 is 11.6 Å². The maximum Gasteiger partial charge on any atom is 0.260 e. The van der Waals surface area contributed by atoms with Crippen molar-refractivity contribution in [2.24, 2.45) is 0 Å². The van der Waals surface area contributed by atoms with Crippen LogP contribution in [0.3, 0.4) is 0 Å². The fraction of sp³-hybridized carbons (Fsp3) is 0.300. The highest BCUT2D eigenvalue weighted by atomic mass is 35.5. The van der Waals surface area contributed by atoms with E-state index in [2.05, 4.69) is 5.32 Å². The van der Waals surface area contributed by atoms with Gasteiger partial charge in [0.2, 0.25) is 0 Å². The Bertz CT molecular complexity index is 370. The fourth-order valence-electron chi connectivity index (χ4n) is 1.01. The quantitative estimate of drug-likeness (QED) is 0.864. The standard InChI is InChI=1S/C10H11ClFNO2/c1-6(10(14)13-2)15-7-3-4-8(11)9(12)5-7/h3-6H,1-2H3,(H,13,14). The molecule has 0 radical (unpaired) electrons. The molecule has 0 fully saturated rings. The summed E-state index contributed by atoms with van der Waals surface area (Å²) in [5.74, 6) is -0.573. The van der Waals surface area contributed by atoms with Crippen LogP contribution in [0.5, 0.6) is 5.75 Å². The number of ether oxygens (including phenoxy) is 1. The molecule has 3 nitrogen and oxygen atoms in total. The maximum absolute atomic E-state index is 13.0. The molecule has 0 saturated heterocycles. The van der Waals surface area contributed by atoms with Crippen molar-refractivity contribution in [1.29, 1.82) is 0 Å². The molecule has 1 unspecified atom stereocenters. The summed E-state index contributed by atoms with van der Waals surface area (Å²) in [5.41, 5.74) is 0. The van der Waals surface area contributed by atoms with Crippen LogP contribution < -0.4 is 10.1 Å². The van der Waals surface area contributed by atoms with Crippen molar-refractivity contribution >= 4 is 17.5 Å². The van der Waals surface area contributed by atoms with Gasteiger partial charge in [0.15, 0.2) is 6.10 Å². The van der Waals surface area contributed by atoms with Crippen LogP contribution in [0.2, 0.25) is 5.02 Å². The van der Waals surface area contributed by atoms with Gasteiger partial charge in [-0.05, 0) is 19.1 Å². The summed E-state index contributed by atoms with van der Waals surface area (Å²) in [7, 11) is 1.50. The largest absolute Gasteiger partial charge is 0.481 e. The molecule has 0 saturated carbocycles. The molecule has 82 valence electrons. The van der Waals surface area contributed by atoms with Crippen molar-refractivity contribution < 1.29 is 13.9 Å². The Labute approximate surface area is 92.2 Å². The average Bonchev–Trinajstić information content (AvgIpc) is 2.22. The first kappa shape index (κ1) is 11.8. The van der Waals surface area contributed by atoms with Gasteiger partial charge in [-0.15, -0.1) is 0 Å². The third-order valence-electron chi connectivity index (χ3n) is 1.82. The van der Waals surface area contributed by atoms with E-state index in [0.717, 1.165) is 6.07 Å². The zero-order chi connectivity index (χ0) is 11.4. The summed E-state index contributed by atoms with van der Waals surface area (Å²) in [6.07, 6.45) is -0.671. The first-order valence-electron chi connectivity index (χ1n) is 4.38. The smallest absolute Gasteiger partial charge is 0.260 e. The molecule has 0 bridgehead atoms. The molecule has 0 spiro atoms. The number of likely N-dealkylation sites (N-methyl/N-ethyl adjacent to an activating group) is 1. The van der Waals surface area contributed by atoms with Crippen LogP contribution in [0.25, 0.3) is 0 Å². The van der Waals surface area contributed by atoms with E-state index in [-0.39, 0.29) is 16.7 Å². The molecular weight excluding hydrogens is 221 g/mol. The van der Waals surface area contributed by atoms with Crippen molar-refractivity contribution in [3.8, 4) is 5.75 Å². The van der Waals surface area contributed by atoms with Crippen LogP contribution in [0, 0.1) is 5.82 Å². The first-order valence-corrected chi connectivity index (χ1v) is 4.75. The predicted molar refractivity (Wildman–Crippen MR) is 55.6 cm³/mol. The minimum absolute atomic E-state index is 0.0231. The molecule has 1 aromatic carbocycles. The van der Waals surface area contributed by atoms with Crippen LogP contribution in [-0.2, 0) is 4.79 Å². The van der Waals surface area contributed by atoms with Gasteiger partial charge in [-0.3, -0.25) is 4.79 Å². The van der Waals surface area contributed by atoms with Gasteiger partial charge in [-0.2, -0.15) is 0 Å². The van der Waals surface area contributed by atoms with E-state index in [1.807, 2.05) is 0 Å². The van der Waals surface area contributed by atoms with E-state index in [4.69, 9.17) is 16.3 Å². The van der Waals surface area contributed by atoms with Gasteiger partial charge in [0.05, 0.1) is 5.02 Å². The summed E-state index contributed by atoms with van der Waals surface area (Å²) < 4.78 is 18.2. The summed E-state index contributed by atoms with van der Waals surface area (Å²) in [4.78, 5) is 11.1. The SMILES string of the molecule is CNC(=O)C(C)Oc1ccc(Cl)c(F)c1. The highest BCUT2D eigenvalue weighted by molar-refractivity contribution is 6.30. The van der Waals surface area contributed by atoms with Gasteiger partial charge in [0, 0.05) is 13.1 Å². The molecule has 1 rings (SSSR count). The van der Waals surface area contributed by atoms with E-state index >= 15 is 0 Å². The molecule has 1 atom stereocenters. The number of hydrogen-bond donors (Lipinski definition) is 1. The van der Waals surface area contributed by atoms with Crippen LogP contribution in [0.1, 0.15) is 6.92 Å². The van der Waals surface area contributed by atoms with Crippen LogP contribution in [0.4, 0.5) is 4.39 Å². The minimum atomic E-state index is -0.671. The van der Waals surface area contributed by atoms with Gasteiger partial charge in [-0.25, -0.2) is 4.39 Å². The minimum Gasteiger partial charge on any atom is -0.481 e. The summed E-state index contributed by atoms with van der Waals surface area (Å²) in [6.45, 7) is 1.57. The second-order valence-corrected chi connectivity index (χ2v) is 3.36. The Kier molecular flexibility index (Phi) is 3.91. The van der Waals surface area contributed by atoms with E-state index in [1.54, 1.807) is 6.92 Å². The van der Waals surface area contributed by atoms with Crippen molar-refractivity contribution in [2.45, 2.75) is 13.0 Å². The molecule has 0 aliphatic rings. The van der Waals surface area contributed by atoms with Gasteiger partial charge >= 0.3 is 0 Å². The molecular formula is C10H11ClFNO2. The van der Waals surface area contributed by atoms with E-state index in [9.17, 15) is 9.18 Å². The molecule has 1 aromatic rings. The van der Waals surface area contributed by atoms with Gasteiger partial charge in [0.1, 0.15) is 11.6 Å². The number of carbonyl (C=O) groups is 1. The molecule has 0 aliphatic carbocycles. The average molecular weight is 232 g/mol. The van der Waals surface area contributed by atoms with Crippen LogP contribution in [-0.4, -0.2) is 19.1 Å². The summed E-state index contributed by atoms with van der Waals surface area (Å²) >= 11 is 5.50. The zero-order valence-electron chi connectivity index (χ0n) is 8.38. The Morgan fingerprint density at radius 1 is 1.60 bits per heavy atom. The number of nitrogens with one attached hydrogen (secondary N) is 1. The molecule has 1 amide bonds. The second-order valence-electron chi connectivity index (χ2n) is 2.95. The number of halogens is 2. The Hall–Kier alpha value is -1.29. The van der Waals surface area contributed by atoms with Crippen molar-refractivity contribution in [3.63, 3.8) is 0 Å². The lowest BCUT2D eigenvalue weighted by atomic mass is 10.3. The summed E-state index contributed by atoms with van der Waals surface area (Å²) in [6, 6.07) is 4.02. The van der Waals surface area contributed by atoms with Crippen LogP contribution in [0.15, 0.2) is 18.2 Å². The highest BCUT2D eigenvalue weighted by Crippen LogP contribution is 2.21. The first-order chi connectivity index (χ1) is 7.04. The Balaban J connectivity index is 2.73. The molecule has 5 heteroatoms. The van der Waals surface area contributed by atoms with Gasteiger partial charge < -0.3 is 10.1 Å². The van der Waals surface area contributed by atoms with Gasteiger partial charge in [-0.1, -0.05) is 11.6 Å². The maximum atomic E-state index is 13.0. The Morgan fingerprint density at radius 2 is 2.27 bits per heavy atom. The van der Waals surface area contributed by atoms with Crippen molar-refractivity contribution in [1.82, 2.24) is 5.32 Å². The lowest BCUT2D eigenvalue weighted by Crippen LogP contribution is -2.33. The third kappa shape index (κ3) is 3.09. The number of carbonyl (C=O) groups excluding carboxylic acids is 1. The summed E-state index contributed by atoms with van der Waals surface area (Å²) in [5, 5.41) is 2.45. The van der Waals surface area contributed by atoms with E-state index < -0.39 is 11.9 Å². The molecule has 0 aliphatic heterocycles. The zero-order valence-corrected chi connectivity index (χ0v) is 9.14. The van der Waals surface area contributed by atoms with Gasteiger partial charge in [0.25, 0.3) is 5.91 Å². The number of benzene rings is 1.